The van der Waals surface area contributed by atoms with E-state index in [0.717, 1.165) is 12.1 Å². The largest absolute Gasteiger partial charge is 0.494 e. The molecule has 164 valence electrons. The smallest absolute Gasteiger partial charge is 0.222 e. The number of rotatable bonds is 10. The fourth-order valence-corrected chi connectivity index (χ4v) is 3.76. The highest BCUT2D eigenvalue weighted by Gasteiger charge is 2.20. The molecule has 1 aliphatic rings. The Morgan fingerprint density at radius 2 is 1.79 bits per heavy atom. The van der Waals surface area contributed by atoms with Crippen LogP contribution in [0.5, 0.6) is 5.75 Å². The lowest BCUT2D eigenvalue weighted by Gasteiger charge is -2.21. The second-order valence-electron chi connectivity index (χ2n) is 7.42. The summed E-state index contributed by atoms with van der Waals surface area (Å²) in [4.78, 5) is 24.1. The molecular formula is C22H36ClN3O3. The fourth-order valence-electron chi connectivity index (χ4n) is 3.76. The normalized spacial score (nSPS) is 15.5. The number of carbonyl (C=O) groups is 2. The molecule has 0 aliphatic heterocycles. The number of amides is 2. The van der Waals surface area contributed by atoms with Crippen molar-refractivity contribution in [3.05, 3.63) is 29.8 Å². The van der Waals surface area contributed by atoms with E-state index in [0.29, 0.717) is 24.9 Å². The van der Waals surface area contributed by atoms with Gasteiger partial charge in [-0.2, -0.15) is 0 Å². The predicted octanol–water partition coefficient (Wildman–Crippen LogP) is 3.50. The molecule has 1 aromatic carbocycles. The summed E-state index contributed by atoms with van der Waals surface area (Å²) >= 11 is 0. The summed E-state index contributed by atoms with van der Waals surface area (Å²) in [5, 5.41) is 9.40. The van der Waals surface area contributed by atoms with Crippen LogP contribution in [0.4, 0.5) is 0 Å². The monoisotopic (exact) mass is 425 g/mol. The van der Waals surface area contributed by atoms with Crippen molar-refractivity contribution in [2.45, 2.75) is 70.9 Å². The summed E-state index contributed by atoms with van der Waals surface area (Å²) in [6.45, 7) is 5.28. The summed E-state index contributed by atoms with van der Waals surface area (Å²) in [7, 11) is 0. The van der Waals surface area contributed by atoms with Gasteiger partial charge in [-0.1, -0.05) is 43.9 Å². The van der Waals surface area contributed by atoms with Crippen LogP contribution in [0, 0.1) is 0 Å². The van der Waals surface area contributed by atoms with Crippen LogP contribution in [0.1, 0.15) is 70.4 Å². The Bertz CT molecular complexity index is 619. The van der Waals surface area contributed by atoms with Crippen LogP contribution in [0.25, 0.3) is 0 Å². The number of hydrogen-bond acceptors (Lipinski definition) is 4. The lowest BCUT2D eigenvalue weighted by atomic mass is 10.0. The Kier molecular flexibility index (Phi) is 12.4. The van der Waals surface area contributed by atoms with Crippen LogP contribution < -0.4 is 20.7 Å². The molecule has 1 saturated carbocycles. The Labute approximate surface area is 181 Å². The summed E-state index contributed by atoms with van der Waals surface area (Å²) in [6, 6.07) is 7.70. The van der Waals surface area contributed by atoms with Gasteiger partial charge in [-0.3, -0.25) is 9.59 Å². The van der Waals surface area contributed by atoms with Gasteiger partial charge < -0.3 is 20.7 Å². The van der Waals surface area contributed by atoms with Gasteiger partial charge in [-0.15, -0.1) is 12.4 Å². The van der Waals surface area contributed by atoms with E-state index in [1.165, 1.54) is 45.4 Å². The molecule has 2 amide bonds. The maximum atomic E-state index is 12.5. The van der Waals surface area contributed by atoms with E-state index in [1.807, 2.05) is 31.2 Å². The van der Waals surface area contributed by atoms with Crippen LogP contribution >= 0.6 is 12.4 Å². The van der Waals surface area contributed by atoms with Gasteiger partial charge in [-0.25, -0.2) is 0 Å². The molecular weight excluding hydrogens is 390 g/mol. The summed E-state index contributed by atoms with van der Waals surface area (Å²) in [6.07, 6.45) is 7.90. The highest BCUT2D eigenvalue weighted by molar-refractivity contribution is 5.85. The fraction of sp³-hybridized carbons (Fsp3) is 0.636. The molecule has 1 fully saturated rings. The number of carbonyl (C=O) groups excluding carboxylic acids is 2. The summed E-state index contributed by atoms with van der Waals surface area (Å²) in [5.41, 5.74) is 0.825. The van der Waals surface area contributed by atoms with Crippen LogP contribution in [-0.4, -0.2) is 37.6 Å². The quantitative estimate of drug-likeness (QED) is 0.396. The van der Waals surface area contributed by atoms with Gasteiger partial charge in [0.05, 0.1) is 19.1 Å². The minimum absolute atomic E-state index is 0. The van der Waals surface area contributed by atoms with E-state index in [1.54, 1.807) is 0 Å². The third-order valence-electron chi connectivity index (χ3n) is 5.10. The van der Waals surface area contributed by atoms with Gasteiger partial charge in [0, 0.05) is 31.6 Å². The van der Waals surface area contributed by atoms with Crippen molar-refractivity contribution in [2.24, 2.45) is 0 Å². The second kappa shape index (κ2) is 14.2. The average Bonchev–Trinajstić information content (AvgIpc) is 2.94. The first-order chi connectivity index (χ1) is 13.6. The maximum absolute atomic E-state index is 12.5. The molecule has 0 heterocycles. The maximum Gasteiger partial charge on any atom is 0.222 e. The van der Waals surface area contributed by atoms with Crippen molar-refractivity contribution in [1.29, 1.82) is 0 Å². The molecule has 1 aromatic rings. The van der Waals surface area contributed by atoms with Crippen LogP contribution in [0.3, 0.4) is 0 Å². The predicted molar refractivity (Wildman–Crippen MR) is 119 cm³/mol. The van der Waals surface area contributed by atoms with Crippen molar-refractivity contribution in [2.75, 3.05) is 19.7 Å². The molecule has 3 N–H and O–H groups in total. The minimum atomic E-state index is -0.407. The third-order valence-corrected chi connectivity index (χ3v) is 5.10. The summed E-state index contributed by atoms with van der Waals surface area (Å²) in [5.74, 6) is 0.457. The van der Waals surface area contributed by atoms with E-state index >= 15 is 0 Å². The first kappa shape index (κ1) is 25.2. The third kappa shape index (κ3) is 9.50. The van der Waals surface area contributed by atoms with Gasteiger partial charge in [-0.05, 0) is 25.8 Å². The highest BCUT2D eigenvalue weighted by Crippen LogP contribution is 2.27. The number of nitrogens with one attached hydrogen (secondary N) is 3. The lowest BCUT2D eigenvalue weighted by molar-refractivity contribution is -0.122. The molecule has 2 rings (SSSR count). The van der Waals surface area contributed by atoms with Gasteiger partial charge >= 0.3 is 0 Å². The van der Waals surface area contributed by atoms with E-state index in [9.17, 15) is 9.59 Å². The van der Waals surface area contributed by atoms with Crippen LogP contribution in [-0.2, 0) is 9.59 Å². The minimum Gasteiger partial charge on any atom is -0.494 e. The molecule has 6 nitrogen and oxygen atoms in total. The molecule has 7 heteroatoms. The number of benzene rings is 1. The van der Waals surface area contributed by atoms with Crippen molar-refractivity contribution in [3.63, 3.8) is 0 Å². The Hall–Kier alpha value is -1.79. The molecule has 29 heavy (non-hydrogen) atoms. The average molecular weight is 426 g/mol. The molecule has 0 radical (unpaired) electrons. The number of hydrogen-bond donors (Lipinski definition) is 3. The standard InChI is InChI=1S/C22H35N3O3.ClH/c1-3-28-21-13-9-8-12-19(21)20(25-17(2)26)16-22(27)24-15-14-23-18-10-6-4-5-7-11-18;/h8-9,12-13,18,20,23H,3-7,10-11,14-16H2,1-2H3,(H,24,27)(H,25,26);1H. The zero-order valence-corrected chi connectivity index (χ0v) is 18.5. The zero-order valence-electron chi connectivity index (χ0n) is 17.7. The molecule has 0 aromatic heterocycles. The molecule has 0 saturated heterocycles. The van der Waals surface area contributed by atoms with Crippen molar-refractivity contribution in [1.82, 2.24) is 16.0 Å². The topological polar surface area (TPSA) is 79.5 Å². The second-order valence-corrected chi connectivity index (χ2v) is 7.42. The van der Waals surface area contributed by atoms with Gasteiger partial charge in [0.1, 0.15) is 5.75 Å². The van der Waals surface area contributed by atoms with Gasteiger partial charge in [0.25, 0.3) is 0 Å². The zero-order chi connectivity index (χ0) is 20.2. The van der Waals surface area contributed by atoms with E-state index in [-0.39, 0.29) is 30.6 Å². The molecule has 1 atom stereocenters. The molecule has 0 bridgehead atoms. The van der Waals surface area contributed by atoms with Crippen molar-refractivity contribution < 1.29 is 14.3 Å². The van der Waals surface area contributed by atoms with Gasteiger partial charge in [0.15, 0.2) is 0 Å². The number of halogens is 1. The van der Waals surface area contributed by atoms with E-state index in [4.69, 9.17) is 4.74 Å². The number of para-hydroxylation sites is 1. The van der Waals surface area contributed by atoms with Crippen molar-refractivity contribution in [3.8, 4) is 5.75 Å². The molecule has 1 unspecified atom stereocenters. The van der Waals surface area contributed by atoms with Crippen molar-refractivity contribution >= 4 is 24.2 Å². The lowest BCUT2D eigenvalue weighted by Crippen LogP contribution is -2.38. The molecule has 1 aliphatic carbocycles. The van der Waals surface area contributed by atoms with E-state index < -0.39 is 6.04 Å². The number of ether oxygens (including phenoxy) is 1. The Morgan fingerprint density at radius 1 is 1.10 bits per heavy atom. The summed E-state index contributed by atoms with van der Waals surface area (Å²) < 4.78 is 5.66. The Balaban J connectivity index is 0.00000420. The first-order valence-electron chi connectivity index (χ1n) is 10.6. The van der Waals surface area contributed by atoms with Gasteiger partial charge in [0.2, 0.25) is 11.8 Å². The van der Waals surface area contributed by atoms with Crippen LogP contribution in [0.15, 0.2) is 24.3 Å². The van der Waals surface area contributed by atoms with Crippen LogP contribution in [0.2, 0.25) is 0 Å². The Morgan fingerprint density at radius 3 is 2.45 bits per heavy atom. The molecule has 0 spiro atoms. The highest BCUT2D eigenvalue weighted by atomic mass is 35.5. The SMILES string of the molecule is CCOc1ccccc1C(CC(=O)NCCNC1CCCCCC1)NC(C)=O.Cl. The van der Waals surface area contributed by atoms with E-state index in [2.05, 4.69) is 16.0 Å². The first-order valence-corrected chi connectivity index (χ1v) is 10.6.